The number of amides is 3. The van der Waals surface area contributed by atoms with Gasteiger partial charge in [-0.15, -0.1) is 0 Å². The molecule has 0 N–H and O–H groups in total. The van der Waals surface area contributed by atoms with Gasteiger partial charge in [-0.25, -0.2) is 0 Å². The zero-order chi connectivity index (χ0) is 24.1. The van der Waals surface area contributed by atoms with Crippen LogP contribution in [0.4, 0.5) is 11.4 Å². The lowest BCUT2D eigenvalue weighted by Gasteiger charge is -2.49. The van der Waals surface area contributed by atoms with E-state index in [-0.39, 0.29) is 5.91 Å². The van der Waals surface area contributed by atoms with Crippen LogP contribution in [0.15, 0.2) is 66.7 Å². The molecule has 0 spiro atoms. The Morgan fingerprint density at radius 2 is 1.44 bits per heavy atom. The monoisotopic (exact) mass is 475 g/mol. The molecule has 3 aromatic carbocycles. The van der Waals surface area contributed by atoms with E-state index in [2.05, 4.69) is 0 Å². The first-order valence-electron chi connectivity index (χ1n) is 10.7. The second-order valence-corrected chi connectivity index (χ2v) is 8.84. The summed E-state index contributed by atoms with van der Waals surface area (Å²) in [4.78, 5) is 44.5. The summed E-state index contributed by atoms with van der Waals surface area (Å²) in [6.07, 6.45) is 0. The third-order valence-electron chi connectivity index (χ3n) is 6.34. The predicted octanol–water partition coefficient (Wildman–Crippen LogP) is 4.17. The van der Waals surface area contributed by atoms with Crippen LogP contribution in [-0.4, -0.2) is 49.9 Å². The van der Waals surface area contributed by atoms with Crippen LogP contribution in [-0.2, 0) is 4.79 Å². The number of β-lactam (4-membered cyclic amide) rings is 1. The highest BCUT2D eigenvalue weighted by molar-refractivity contribution is 6.32. The second kappa shape index (κ2) is 8.18. The van der Waals surface area contributed by atoms with Gasteiger partial charge in [0.2, 0.25) is 0 Å². The number of hydrogen-bond donors (Lipinski definition) is 0. The Morgan fingerprint density at radius 3 is 1.97 bits per heavy atom. The molecule has 3 aromatic rings. The van der Waals surface area contributed by atoms with Gasteiger partial charge in [0.15, 0.2) is 0 Å². The molecule has 2 heterocycles. The average Bonchev–Trinajstić information content (AvgIpc) is 3.08. The maximum absolute atomic E-state index is 13.5. The van der Waals surface area contributed by atoms with Crippen molar-refractivity contribution in [3.63, 3.8) is 0 Å². The van der Waals surface area contributed by atoms with E-state index >= 15 is 0 Å². The summed E-state index contributed by atoms with van der Waals surface area (Å²) >= 11 is 6.34. The van der Waals surface area contributed by atoms with Crippen LogP contribution in [0.2, 0.25) is 5.02 Å². The molecule has 1 fully saturated rings. The van der Waals surface area contributed by atoms with E-state index in [4.69, 9.17) is 16.3 Å². The third kappa shape index (κ3) is 3.23. The van der Waals surface area contributed by atoms with E-state index in [0.717, 1.165) is 16.2 Å². The number of methoxy groups -OCH3 is 1. The minimum absolute atomic E-state index is 0.313. The molecule has 0 aromatic heterocycles. The molecule has 7 nitrogen and oxygen atoms in total. The van der Waals surface area contributed by atoms with Crippen LogP contribution in [0.25, 0.3) is 0 Å². The molecule has 0 unspecified atom stereocenters. The molecule has 0 bridgehead atoms. The average molecular weight is 476 g/mol. The van der Waals surface area contributed by atoms with E-state index in [1.807, 2.05) is 43.3 Å². The summed E-state index contributed by atoms with van der Waals surface area (Å²) in [7, 11) is 5.40. The van der Waals surface area contributed by atoms with Gasteiger partial charge in [0, 0.05) is 25.5 Å². The van der Waals surface area contributed by atoms with Gasteiger partial charge in [0.1, 0.15) is 11.8 Å². The fourth-order valence-electron chi connectivity index (χ4n) is 4.58. The van der Waals surface area contributed by atoms with Crippen LogP contribution in [0.1, 0.15) is 32.3 Å². The Hall–Kier alpha value is -3.84. The van der Waals surface area contributed by atoms with Gasteiger partial charge in [-0.2, -0.15) is 0 Å². The van der Waals surface area contributed by atoms with Crippen molar-refractivity contribution in [2.24, 2.45) is 0 Å². The zero-order valence-electron chi connectivity index (χ0n) is 18.9. The molecule has 0 aliphatic carbocycles. The lowest BCUT2D eigenvalue weighted by molar-refractivity contribution is -0.130. The van der Waals surface area contributed by atoms with Crippen molar-refractivity contribution in [2.75, 3.05) is 31.0 Å². The molecule has 2 atom stereocenters. The molecule has 5 rings (SSSR count). The van der Waals surface area contributed by atoms with Crippen molar-refractivity contribution in [3.8, 4) is 5.75 Å². The third-order valence-corrected chi connectivity index (χ3v) is 6.63. The SMILES string of the molecule is COc1ccc(N2C(=O)[C@H](N3C(=O)c4ccccc4C3=O)[C@H]2c2ccc(N(C)C)cc2)cc1Cl. The highest BCUT2D eigenvalue weighted by Crippen LogP contribution is 2.45. The number of anilines is 2. The van der Waals surface area contributed by atoms with Crippen molar-refractivity contribution >= 4 is 40.7 Å². The summed E-state index contributed by atoms with van der Waals surface area (Å²) in [6.45, 7) is 0. The minimum Gasteiger partial charge on any atom is -0.495 e. The van der Waals surface area contributed by atoms with E-state index in [1.54, 1.807) is 47.4 Å². The normalized spacial score (nSPS) is 19.2. The number of fused-ring (bicyclic) bond motifs is 1. The Labute approximate surface area is 202 Å². The summed E-state index contributed by atoms with van der Waals surface area (Å²) in [5.74, 6) is -0.776. The van der Waals surface area contributed by atoms with Crippen LogP contribution in [0.3, 0.4) is 0 Å². The van der Waals surface area contributed by atoms with Crippen molar-refractivity contribution in [3.05, 3.63) is 88.4 Å². The van der Waals surface area contributed by atoms with Crippen molar-refractivity contribution < 1.29 is 19.1 Å². The molecule has 8 heteroatoms. The number of nitrogens with zero attached hydrogens (tertiary/aromatic N) is 3. The van der Waals surface area contributed by atoms with Crippen molar-refractivity contribution in [1.82, 2.24) is 4.90 Å². The van der Waals surface area contributed by atoms with Gasteiger partial charge in [-0.3, -0.25) is 19.3 Å². The first-order valence-corrected chi connectivity index (χ1v) is 11.1. The zero-order valence-corrected chi connectivity index (χ0v) is 19.6. The molecule has 1 saturated heterocycles. The number of carbonyl (C=O) groups is 3. The maximum Gasteiger partial charge on any atom is 0.262 e. The van der Waals surface area contributed by atoms with E-state index < -0.39 is 23.9 Å². The van der Waals surface area contributed by atoms with Crippen LogP contribution < -0.4 is 14.5 Å². The van der Waals surface area contributed by atoms with Crippen LogP contribution in [0, 0.1) is 0 Å². The molecule has 172 valence electrons. The van der Waals surface area contributed by atoms with Gasteiger partial charge in [-0.05, 0) is 48.0 Å². The van der Waals surface area contributed by atoms with E-state index in [0.29, 0.717) is 27.6 Å². The Balaban J connectivity index is 1.58. The molecule has 34 heavy (non-hydrogen) atoms. The molecule has 2 aliphatic rings. The van der Waals surface area contributed by atoms with Gasteiger partial charge < -0.3 is 14.5 Å². The first-order chi connectivity index (χ1) is 16.3. The van der Waals surface area contributed by atoms with Crippen LogP contribution >= 0.6 is 11.6 Å². The van der Waals surface area contributed by atoms with Gasteiger partial charge in [-0.1, -0.05) is 35.9 Å². The molecule has 3 amide bonds. The number of imide groups is 1. The minimum atomic E-state index is -0.960. The Kier molecular flexibility index (Phi) is 5.29. The first kappa shape index (κ1) is 22.0. The smallest absolute Gasteiger partial charge is 0.262 e. The standard InChI is InChI=1S/C26H22ClN3O4/c1-28(2)16-10-8-15(9-11-16)22-23(30-24(31)18-6-4-5-7-19(18)25(30)32)26(33)29(22)17-12-13-21(34-3)20(27)14-17/h4-14,22-23H,1-3H3/t22-,23-/m1/s1. The van der Waals surface area contributed by atoms with E-state index in [9.17, 15) is 14.4 Å². The summed E-state index contributed by atoms with van der Waals surface area (Å²) < 4.78 is 5.23. The lowest BCUT2D eigenvalue weighted by atomic mass is 9.86. The van der Waals surface area contributed by atoms with Crippen LogP contribution in [0.5, 0.6) is 5.75 Å². The molecule has 2 aliphatic heterocycles. The number of benzene rings is 3. The van der Waals surface area contributed by atoms with Gasteiger partial charge in [0.25, 0.3) is 17.7 Å². The van der Waals surface area contributed by atoms with Gasteiger partial charge >= 0.3 is 0 Å². The number of hydrogen-bond acceptors (Lipinski definition) is 5. The molecule has 0 saturated carbocycles. The topological polar surface area (TPSA) is 70.2 Å². The largest absolute Gasteiger partial charge is 0.495 e. The quantitative estimate of drug-likeness (QED) is 0.409. The molecular formula is C26H22ClN3O4. The predicted molar refractivity (Wildman–Crippen MR) is 130 cm³/mol. The molecular weight excluding hydrogens is 454 g/mol. The fraction of sp³-hybridized carbons (Fsp3) is 0.192. The summed E-state index contributed by atoms with van der Waals surface area (Å²) in [6, 6.07) is 17.9. The number of halogens is 1. The Bertz CT molecular complexity index is 1290. The number of ether oxygens (including phenoxy) is 1. The van der Waals surface area contributed by atoms with E-state index in [1.165, 1.54) is 7.11 Å². The fourth-order valence-corrected chi connectivity index (χ4v) is 4.83. The van der Waals surface area contributed by atoms with Crippen molar-refractivity contribution in [2.45, 2.75) is 12.1 Å². The lowest BCUT2D eigenvalue weighted by Crippen LogP contribution is -2.67. The number of rotatable bonds is 5. The second-order valence-electron chi connectivity index (χ2n) is 8.43. The highest BCUT2D eigenvalue weighted by atomic mass is 35.5. The molecule has 0 radical (unpaired) electrons. The summed E-state index contributed by atoms with van der Waals surface area (Å²) in [5.41, 5.74) is 2.98. The van der Waals surface area contributed by atoms with Gasteiger partial charge in [0.05, 0.1) is 29.3 Å². The maximum atomic E-state index is 13.5. The highest BCUT2D eigenvalue weighted by Gasteiger charge is 2.57. The summed E-state index contributed by atoms with van der Waals surface area (Å²) in [5, 5.41) is 0.360. The Morgan fingerprint density at radius 1 is 0.824 bits per heavy atom. The van der Waals surface area contributed by atoms with Crippen molar-refractivity contribution in [1.29, 1.82) is 0 Å². The number of carbonyl (C=O) groups excluding carboxylic acids is 3.